The van der Waals surface area contributed by atoms with Gasteiger partial charge in [-0.2, -0.15) is 0 Å². The Hall–Kier alpha value is -1.71. The summed E-state index contributed by atoms with van der Waals surface area (Å²) in [4.78, 5) is 23.0. The average Bonchev–Trinajstić information content (AvgIpc) is 2.78. The van der Waals surface area contributed by atoms with Crippen LogP contribution < -0.4 is 0 Å². The Kier molecular flexibility index (Phi) is 3.75. The first-order valence-electron chi connectivity index (χ1n) is 6.09. The molecule has 0 radical (unpaired) electrons. The molecule has 0 heterocycles. The van der Waals surface area contributed by atoms with Gasteiger partial charge in [0, 0.05) is 12.0 Å². The van der Waals surface area contributed by atoms with Crippen molar-refractivity contribution in [1.82, 2.24) is 0 Å². The summed E-state index contributed by atoms with van der Waals surface area (Å²) >= 11 is 0. The molecule has 96 valence electrons. The molecule has 0 aliphatic heterocycles. The third kappa shape index (κ3) is 2.75. The van der Waals surface area contributed by atoms with E-state index in [1.165, 1.54) is 24.3 Å². The quantitative estimate of drug-likeness (QED) is 0.836. The Morgan fingerprint density at radius 2 is 1.89 bits per heavy atom. The van der Waals surface area contributed by atoms with Gasteiger partial charge in [-0.25, -0.2) is 4.39 Å². The number of hydrogen-bond donors (Lipinski definition) is 1. The topological polar surface area (TPSA) is 54.4 Å². The van der Waals surface area contributed by atoms with Crippen LogP contribution >= 0.6 is 0 Å². The Morgan fingerprint density at radius 3 is 2.50 bits per heavy atom. The van der Waals surface area contributed by atoms with Crippen LogP contribution in [-0.2, 0) is 4.79 Å². The number of carboxylic acid groups (broad SMARTS) is 1. The minimum atomic E-state index is -0.815. The highest BCUT2D eigenvalue weighted by Gasteiger charge is 2.34. The maximum Gasteiger partial charge on any atom is 0.306 e. The largest absolute Gasteiger partial charge is 0.481 e. The zero-order chi connectivity index (χ0) is 13.1. The Morgan fingerprint density at radius 1 is 1.22 bits per heavy atom. The van der Waals surface area contributed by atoms with Gasteiger partial charge >= 0.3 is 5.97 Å². The van der Waals surface area contributed by atoms with E-state index in [1.54, 1.807) is 0 Å². The highest BCUT2D eigenvalue weighted by molar-refractivity contribution is 5.96. The fraction of sp³-hybridized carbons (Fsp3) is 0.429. The van der Waals surface area contributed by atoms with Crippen molar-refractivity contribution in [1.29, 1.82) is 0 Å². The third-order valence-corrected chi connectivity index (χ3v) is 3.59. The maximum absolute atomic E-state index is 12.7. The van der Waals surface area contributed by atoms with Crippen molar-refractivity contribution in [2.24, 2.45) is 11.8 Å². The molecule has 1 saturated carbocycles. The van der Waals surface area contributed by atoms with Gasteiger partial charge < -0.3 is 5.11 Å². The molecular weight excluding hydrogens is 235 g/mol. The lowest BCUT2D eigenvalue weighted by molar-refractivity contribution is -0.142. The van der Waals surface area contributed by atoms with Crippen LogP contribution in [0.5, 0.6) is 0 Å². The van der Waals surface area contributed by atoms with Crippen LogP contribution in [0.3, 0.4) is 0 Å². The normalized spacial score (nSPS) is 22.9. The number of aliphatic carboxylic acids is 1. The Bertz CT molecular complexity index is 453. The molecule has 18 heavy (non-hydrogen) atoms. The van der Waals surface area contributed by atoms with Gasteiger partial charge in [0.15, 0.2) is 5.78 Å². The van der Waals surface area contributed by atoms with Gasteiger partial charge in [-0.15, -0.1) is 0 Å². The van der Waals surface area contributed by atoms with Crippen LogP contribution in [0.15, 0.2) is 24.3 Å². The predicted octanol–water partition coefficient (Wildman–Crippen LogP) is 2.90. The van der Waals surface area contributed by atoms with Gasteiger partial charge in [-0.05, 0) is 43.0 Å². The number of benzene rings is 1. The number of hydrogen-bond acceptors (Lipinski definition) is 2. The average molecular weight is 250 g/mol. The fourth-order valence-electron chi connectivity index (χ4n) is 2.60. The number of ketones is 1. The summed E-state index contributed by atoms with van der Waals surface area (Å²) in [6.07, 6.45) is 2.53. The highest BCUT2D eigenvalue weighted by atomic mass is 19.1. The Labute approximate surface area is 105 Å². The summed E-state index contributed by atoms with van der Waals surface area (Å²) in [6.45, 7) is 0. The van der Waals surface area contributed by atoms with Crippen molar-refractivity contribution in [3.63, 3.8) is 0 Å². The molecule has 0 amide bonds. The van der Waals surface area contributed by atoms with E-state index < -0.39 is 11.9 Å². The molecule has 1 aromatic rings. The van der Waals surface area contributed by atoms with Crippen LogP contribution in [0.2, 0.25) is 0 Å². The zero-order valence-electron chi connectivity index (χ0n) is 9.93. The molecule has 0 spiro atoms. The molecule has 1 aromatic carbocycles. The second-order valence-corrected chi connectivity index (χ2v) is 4.77. The molecule has 0 unspecified atom stereocenters. The van der Waals surface area contributed by atoms with Gasteiger partial charge in [0.25, 0.3) is 0 Å². The second kappa shape index (κ2) is 5.29. The number of halogens is 1. The highest BCUT2D eigenvalue weighted by Crippen LogP contribution is 2.35. The van der Waals surface area contributed by atoms with Crippen LogP contribution in [0.1, 0.15) is 36.0 Å². The standard InChI is InChI=1S/C14H15FO3/c15-11-6-4-9(5-7-11)13(16)8-10-2-1-3-12(10)14(17)18/h4-7,10,12H,1-3,8H2,(H,17,18)/t10-,12+/m0/s1. The van der Waals surface area contributed by atoms with Crippen molar-refractivity contribution in [2.75, 3.05) is 0 Å². The summed E-state index contributed by atoms with van der Waals surface area (Å²) < 4.78 is 12.7. The van der Waals surface area contributed by atoms with Crippen molar-refractivity contribution >= 4 is 11.8 Å². The summed E-state index contributed by atoms with van der Waals surface area (Å²) in [5.74, 6) is -1.79. The number of carboxylic acids is 1. The number of carbonyl (C=O) groups excluding carboxylic acids is 1. The second-order valence-electron chi connectivity index (χ2n) is 4.77. The number of rotatable bonds is 4. The van der Waals surface area contributed by atoms with Crippen molar-refractivity contribution in [3.8, 4) is 0 Å². The first kappa shape index (κ1) is 12.7. The van der Waals surface area contributed by atoms with Gasteiger partial charge in [0.2, 0.25) is 0 Å². The van der Waals surface area contributed by atoms with E-state index in [4.69, 9.17) is 5.11 Å². The van der Waals surface area contributed by atoms with E-state index in [9.17, 15) is 14.0 Å². The molecule has 1 N–H and O–H groups in total. The lowest BCUT2D eigenvalue weighted by Crippen LogP contribution is -2.20. The molecule has 1 aliphatic rings. The summed E-state index contributed by atoms with van der Waals surface area (Å²) in [5.41, 5.74) is 0.451. The number of carbonyl (C=O) groups is 2. The zero-order valence-corrected chi connectivity index (χ0v) is 9.93. The first-order chi connectivity index (χ1) is 8.58. The van der Waals surface area contributed by atoms with Gasteiger partial charge in [0.05, 0.1) is 5.92 Å². The van der Waals surface area contributed by atoms with Crippen LogP contribution in [0.25, 0.3) is 0 Å². The summed E-state index contributed by atoms with van der Waals surface area (Å²) in [6, 6.07) is 5.39. The van der Waals surface area contributed by atoms with Crippen molar-refractivity contribution in [3.05, 3.63) is 35.6 Å². The van der Waals surface area contributed by atoms with Crippen LogP contribution in [0, 0.1) is 17.7 Å². The van der Waals surface area contributed by atoms with Crippen LogP contribution in [-0.4, -0.2) is 16.9 Å². The summed E-state index contributed by atoms with van der Waals surface area (Å²) in [7, 11) is 0. The van der Waals surface area contributed by atoms with E-state index in [2.05, 4.69) is 0 Å². The van der Waals surface area contributed by atoms with Gasteiger partial charge in [-0.3, -0.25) is 9.59 Å². The van der Waals surface area contributed by atoms with E-state index in [-0.39, 0.29) is 23.9 Å². The molecule has 4 heteroatoms. The lowest BCUT2D eigenvalue weighted by Gasteiger charge is -2.14. The SMILES string of the molecule is O=C(C[C@@H]1CCC[C@H]1C(=O)O)c1ccc(F)cc1. The smallest absolute Gasteiger partial charge is 0.306 e. The van der Waals surface area contributed by atoms with Gasteiger partial charge in [0.1, 0.15) is 5.82 Å². The van der Waals surface area contributed by atoms with Crippen molar-refractivity contribution < 1.29 is 19.1 Å². The molecule has 0 saturated heterocycles. The minimum Gasteiger partial charge on any atom is -0.481 e. The minimum absolute atomic E-state index is 0.0833. The molecule has 2 atom stereocenters. The third-order valence-electron chi connectivity index (χ3n) is 3.59. The molecule has 3 nitrogen and oxygen atoms in total. The summed E-state index contributed by atoms with van der Waals surface area (Å²) in [5, 5.41) is 9.04. The fourth-order valence-corrected chi connectivity index (χ4v) is 2.60. The van der Waals surface area contributed by atoms with Crippen molar-refractivity contribution in [2.45, 2.75) is 25.7 Å². The molecular formula is C14H15FO3. The Balaban J connectivity index is 2.03. The molecule has 0 bridgehead atoms. The number of Topliss-reactive ketones (excluding diaryl/α,β-unsaturated/α-hetero) is 1. The van der Waals surface area contributed by atoms with E-state index in [0.717, 1.165) is 12.8 Å². The van der Waals surface area contributed by atoms with Gasteiger partial charge in [-0.1, -0.05) is 6.42 Å². The molecule has 0 aromatic heterocycles. The first-order valence-corrected chi connectivity index (χ1v) is 6.09. The predicted molar refractivity (Wildman–Crippen MR) is 63.8 cm³/mol. The van der Waals surface area contributed by atoms with E-state index in [1.807, 2.05) is 0 Å². The molecule has 1 aliphatic carbocycles. The lowest BCUT2D eigenvalue weighted by atomic mass is 9.89. The monoisotopic (exact) mass is 250 g/mol. The molecule has 1 fully saturated rings. The van der Waals surface area contributed by atoms with E-state index in [0.29, 0.717) is 12.0 Å². The van der Waals surface area contributed by atoms with Crippen LogP contribution in [0.4, 0.5) is 4.39 Å². The maximum atomic E-state index is 12.7. The molecule has 2 rings (SSSR count). The van der Waals surface area contributed by atoms with E-state index >= 15 is 0 Å².